The standard InChI is InChI=1S/C19H19NO3/c1-13-3-5-14(6-4-13)11-20-19(21)9-15-12-23-18-10-16(22-2)7-8-17(15)18/h3-8,10,12H,9,11H2,1-2H3,(H,20,21). The third-order valence-corrected chi connectivity index (χ3v) is 3.82. The highest BCUT2D eigenvalue weighted by Gasteiger charge is 2.11. The Labute approximate surface area is 135 Å². The van der Waals surface area contributed by atoms with Gasteiger partial charge in [0.05, 0.1) is 19.8 Å². The number of benzene rings is 2. The molecule has 0 aliphatic carbocycles. The van der Waals surface area contributed by atoms with Crippen LogP contribution < -0.4 is 10.1 Å². The van der Waals surface area contributed by atoms with Crippen LogP contribution in [0.3, 0.4) is 0 Å². The van der Waals surface area contributed by atoms with Crippen LogP contribution in [-0.4, -0.2) is 13.0 Å². The van der Waals surface area contributed by atoms with Crippen molar-refractivity contribution in [1.82, 2.24) is 5.32 Å². The van der Waals surface area contributed by atoms with E-state index in [2.05, 4.69) is 5.32 Å². The minimum absolute atomic E-state index is 0.0240. The van der Waals surface area contributed by atoms with Crippen LogP contribution in [0.15, 0.2) is 53.1 Å². The third kappa shape index (κ3) is 3.54. The smallest absolute Gasteiger partial charge is 0.224 e. The lowest BCUT2D eigenvalue weighted by Crippen LogP contribution is -2.24. The Bertz CT molecular complexity index is 818. The summed E-state index contributed by atoms with van der Waals surface area (Å²) in [7, 11) is 1.61. The molecule has 4 heteroatoms. The lowest BCUT2D eigenvalue weighted by molar-refractivity contribution is -0.120. The van der Waals surface area contributed by atoms with E-state index in [-0.39, 0.29) is 5.91 Å². The molecule has 0 bridgehead atoms. The Balaban J connectivity index is 1.64. The number of carbonyl (C=O) groups is 1. The summed E-state index contributed by atoms with van der Waals surface area (Å²) in [6, 6.07) is 13.7. The van der Waals surface area contributed by atoms with Crippen LogP contribution in [0.5, 0.6) is 5.75 Å². The molecule has 1 heterocycles. The van der Waals surface area contributed by atoms with Crippen LogP contribution in [0.1, 0.15) is 16.7 Å². The lowest BCUT2D eigenvalue weighted by atomic mass is 10.1. The van der Waals surface area contributed by atoms with E-state index in [4.69, 9.17) is 9.15 Å². The van der Waals surface area contributed by atoms with Crippen molar-refractivity contribution >= 4 is 16.9 Å². The minimum Gasteiger partial charge on any atom is -0.497 e. The number of hydrogen-bond donors (Lipinski definition) is 1. The Morgan fingerprint density at radius 1 is 1.17 bits per heavy atom. The second-order valence-corrected chi connectivity index (χ2v) is 5.56. The topological polar surface area (TPSA) is 51.5 Å². The average Bonchev–Trinajstić information content (AvgIpc) is 2.96. The van der Waals surface area contributed by atoms with Gasteiger partial charge in [-0.15, -0.1) is 0 Å². The van der Waals surface area contributed by atoms with Crippen LogP contribution >= 0.6 is 0 Å². The predicted octanol–water partition coefficient (Wildman–Crippen LogP) is 3.61. The Hall–Kier alpha value is -2.75. The van der Waals surface area contributed by atoms with E-state index in [0.717, 1.165) is 27.8 Å². The van der Waals surface area contributed by atoms with Crippen molar-refractivity contribution in [3.05, 3.63) is 65.4 Å². The number of furan rings is 1. The number of nitrogens with one attached hydrogen (secondary N) is 1. The predicted molar refractivity (Wildman–Crippen MR) is 89.5 cm³/mol. The minimum atomic E-state index is -0.0240. The van der Waals surface area contributed by atoms with E-state index in [0.29, 0.717) is 13.0 Å². The summed E-state index contributed by atoms with van der Waals surface area (Å²) in [6.45, 7) is 2.57. The number of ether oxygens (including phenoxy) is 1. The van der Waals surface area contributed by atoms with Gasteiger partial charge in [-0.05, 0) is 24.6 Å². The first kappa shape index (κ1) is 15.2. The van der Waals surface area contributed by atoms with Crippen LogP contribution in [0.25, 0.3) is 11.0 Å². The molecule has 1 aromatic heterocycles. The highest BCUT2D eigenvalue weighted by Crippen LogP contribution is 2.25. The molecule has 4 nitrogen and oxygen atoms in total. The third-order valence-electron chi connectivity index (χ3n) is 3.82. The van der Waals surface area contributed by atoms with E-state index in [1.165, 1.54) is 5.56 Å². The van der Waals surface area contributed by atoms with Crippen LogP contribution in [-0.2, 0) is 17.8 Å². The molecule has 0 aliphatic heterocycles. The van der Waals surface area contributed by atoms with E-state index in [1.807, 2.05) is 49.4 Å². The van der Waals surface area contributed by atoms with E-state index < -0.39 is 0 Å². The Morgan fingerprint density at radius 3 is 2.70 bits per heavy atom. The summed E-state index contributed by atoms with van der Waals surface area (Å²) >= 11 is 0. The van der Waals surface area contributed by atoms with Gasteiger partial charge in [-0.2, -0.15) is 0 Å². The summed E-state index contributed by atoms with van der Waals surface area (Å²) in [5.41, 5.74) is 3.90. The first-order chi connectivity index (χ1) is 11.2. The summed E-state index contributed by atoms with van der Waals surface area (Å²) in [5, 5.41) is 3.88. The maximum atomic E-state index is 12.1. The fourth-order valence-corrected chi connectivity index (χ4v) is 2.47. The monoisotopic (exact) mass is 309 g/mol. The molecule has 0 atom stereocenters. The molecular weight excluding hydrogens is 290 g/mol. The molecule has 0 radical (unpaired) electrons. The maximum Gasteiger partial charge on any atom is 0.224 e. The summed E-state index contributed by atoms with van der Waals surface area (Å²) in [6.07, 6.45) is 1.93. The molecule has 2 aromatic carbocycles. The first-order valence-corrected chi connectivity index (χ1v) is 7.52. The quantitative estimate of drug-likeness (QED) is 0.783. The molecule has 0 saturated carbocycles. The fourth-order valence-electron chi connectivity index (χ4n) is 2.47. The second kappa shape index (κ2) is 6.57. The molecule has 0 unspecified atom stereocenters. The van der Waals surface area contributed by atoms with Crippen LogP contribution in [0, 0.1) is 6.92 Å². The van der Waals surface area contributed by atoms with E-state index in [9.17, 15) is 4.79 Å². The number of carbonyl (C=O) groups excluding carboxylic acids is 1. The number of methoxy groups -OCH3 is 1. The molecule has 1 amide bonds. The molecular formula is C19H19NO3. The number of aryl methyl sites for hydroxylation is 1. The van der Waals surface area contributed by atoms with E-state index in [1.54, 1.807) is 13.4 Å². The molecule has 3 rings (SSSR count). The molecule has 0 saturated heterocycles. The fraction of sp³-hybridized carbons (Fsp3) is 0.211. The van der Waals surface area contributed by atoms with Crippen molar-refractivity contribution in [1.29, 1.82) is 0 Å². The van der Waals surface area contributed by atoms with Gasteiger partial charge in [-0.1, -0.05) is 29.8 Å². The van der Waals surface area contributed by atoms with Gasteiger partial charge in [-0.25, -0.2) is 0 Å². The highest BCUT2D eigenvalue weighted by molar-refractivity contribution is 5.88. The Kier molecular flexibility index (Phi) is 4.33. The summed E-state index contributed by atoms with van der Waals surface area (Å²) in [5.74, 6) is 0.714. The largest absolute Gasteiger partial charge is 0.497 e. The molecule has 3 aromatic rings. The first-order valence-electron chi connectivity index (χ1n) is 7.52. The van der Waals surface area contributed by atoms with Gasteiger partial charge in [0, 0.05) is 23.6 Å². The molecule has 0 fully saturated rings. The second-order valence-electron chi connectivity index (χ2n) is 5.56. The summed E-state index contributed by atoms with van der Waals surface area (Å²) < 4.78 is 10.7. The van der Waals surface area contributed by atoms with E-state index >= 15 is 0 Å². The number of hydrogen-bond acceptors (Lipinski definition) is 3. The highest BCUT2D eigenvalue weighted by atomic mass is 16.5. The maximum absolute atomic E-state index is 12.1. The number of amides is 1. The molecule has 0 spiro atoms. The van der Waals surface area contributed by atoms with Crippen molar-refractivity contribution in [2.24, 2.45) is 0 Å². The van der Waals surface area contributed by atoms with Gasteiger partial charge in [0.1, 0.15) is 11.3 Å². The lowest BCUT2D eigenvalue weighted by Gasteiger charge is -2.05. The van der Waals surface area contributed by atoms with Crippen molar-refractivity contribution in [2.75, 3.05) is 7.11 Å². The number of rotatable bonds is 5. The van der Waals surface area contributed by atoms with Gasteiger partial charge >= 0.3 is 0 Å². The molecule has 23 heavy (non-hydrogen) atoms. The van der Waals surface area contributed by atoms with Gasteiger partial charge in [0.15, 0.2) is 0 Å². The molecule has 118 valence electrons. The van der Waals surface area contributed by atoms with Gasteiger partial charge in [0.25, 0.3) is 0 Å². The van der Waals surface area contributed by atoms with Crippen molar-refractivity contribution in [3.63, 3.8) is 0 Å². The molecule has 1 N–H and O–H groups in total. The van der Waals surface area contributed by atoms with Crippen molar-refractivity contribution in [2.45, 2.75) is 19.9 Å². The van der Waals surface area contributed by atoms with Gasteiger partial charge in [-0.3, -0.25) is 4.79 Å². The van der Waals surface area contributed by atoms with Crippen molar-refractivity contribution in [3.8, 4) is 5.75 Å². The number of fused-ring (bicyclic) bond motifs is 1. The zero-order valence-electron chi connectivity index (χ0n) is 13.3. The Morgan fingerprint density at radius 2 is 1.96 bits per heavy atom. The molecule has 0 aliphatic rings. The summed E-state index contributed by atoms with van der Waals surface area (Å²) in [4.78, 5) is 12.1. The SMILES string of the molecule is COc1ccc2c(CC(=O)NCc3ccc(C)cc3)coc2c1. The zero-order chi connectivity index (χ0) is 16.2. The van der Waals surface area contributed by atoms with Gasteiger partial charge < -0.3 is 14.5 Å². The van der Waals surface area contributed by atoms with Gasteiger partial charge in [0.2, 0.25) is 5.91 Å². The average molecular weight is 309 g/mol. The van der Waals surface area contributed by atoms with Crippen molar-refractivity contribution < 1.29 is 13.9 Å². The normalized spacial score (nSPS) is 10.7. The zero-order valence-corrected chi connectivity index (χ0v) is 13.3. The van der Waals surface area contributed by atoms with Crippen LogP contribution in [0.4, 0.5) is 0 Å². The van der Waals surface area contributed by atoms with Crippen LogP contribution in [0.2, 0.25) is 0 Å².